The Hall–Kier alpha value is -3.06. The molecule has 28 heavy (non-hydrogen) atoms. The van der Waals surface area contributed by atoms with Gasteiger partial charge < -0.3 is 9.47 Å². The van der Waals surface area contributed by atoms with Gasteiger partial charge in [-0.05, 0) is 36.2 Å². The van der Waals surface area contributed by atoms with E-state index in [1.165, 1.54) is 0 Å². The second-order valence-electron chi connectivity index (χ2n) is 6.86. The topological polar surface area (TPSA) is 79.1 Å². The number of ketones is 1. The predicted octanol–water partition coefficient (Wildman–Crippen LogP) is 3.23. The van der Waals surface area contributed by atoms with Crippen molar-refractivity contribution in [3.8, 4) is 17.0 Å². The molecule has 0 saturated carbocycles. The quantitative estimate of drug-likeness (QED) is 0.655. The van der Waals surface area contributed by atoms with Crippen LogP contribution in [0.4, 0.5) is 0 Å². The van der Waals surface area contributed by atoms with E-state index >= 15 is 0 Å². The molecule has 2 atom stereocenters. The number of pyridine rings is 1. The number of carbonyl (C=O) groups is 1. The molecule has 3 heterocycles. The van der Waals surface area contributed by atoms with E-state index in [0.717, 1.165) is 22.6 Å². The van der Waals surface area contributed by atoms with Gasteiger partial charge in [-0.15, -0.1) is 5.10 Å². The number of aromatic nitrogens is 4. The van der Waals surface area contributed by atoms with E-state index in [4.69, 9.17) is 9.47 Å². The molecule has 0 radical (unpaired) electrons. The summed E-state index contributed by atoms with van der Waals surface area (Å²) in [5.41, 5.74) is 2.71. The summed E-state index contributed by atoms with van der Waals surface area (Å²) < 4.78 is 13.2. The average molecular weight is 378 g/mol. The van der Waals surface area contributed by atoms with Crippen LogP contribution < -0.4 is 4.74 Å². The van der Waals surface area contributed by atoms with E-state index in [0.29, 0.717) is 25.8 Å². The van der Waals surface area contributed by atoms with Crippen molar-refractivity contribution in [3.63, 3.8) is 0 Å². The third-order valence-electron chi connectivity index (χ3n) is 4.89. The normalized spacial score (nSPS) is 19.5. The molecule has 0 spiro atoms. The van der Waals surface area contributed by atoms with Crippen molar-refractivity contribution in [2.75, 3.05) is 7.11 Å². The molecule has 1 aromatic carbocycles. The fourth-order valence-electron chi connectivity index (χ4n) is 3.39. The average Bonchev–Trinajstić information content (AvgIpc) is 3.22. The number of nitrogens with zero attached hydrogens (tertiary/aromatic N) is 4. The van der Waals surface area contributed by atoms with Gasteiger partial charge in [0.05, 0.1) is 25.5 Å². The van der Waals surface area contributed by atoms with E-state index in [2.05, 4.69) is 15.3 Å². The maximum atomic E-state index is 12.2. The van der Waals surface area contributed by atoms with Gasteiger partial charge in [-0.1, -0.05) is 17.3 Å². The molecule has 1 aliphatic heterocycles. The molecule has 0 aliphatic carbocycles. The van der Waals surface area contributed by atoms with Gasteiger partial charge in [0.15, 0.2) is 0 Å². The first-order valence-corrected chi connectivity index (χ1v) is 9.33. The molecule has 0 bridgehead atoms. The van der Waals surface area contributed by atoms with Gasteiger partial charge in [0, 0.05) is 37.3 Å². The summed E-state index contributed by atoms with van der Waals surface area (Å²) in [4.78, 5) is 16.3. The number of aryl methyl sites for hydroxylation is 1. The summed E-state index contributed by atoms with van der Waals surface area (Å²) in [6.07, 6.45) is 6.60. The van der Waals surface area contributed by atoms with Crippen LogP contribution in [0.3, 0.4) is 0 Å². The summed E-state index contributed by atoms with van der Waals surface area (Å²) >= 11 is 0. The van der Waals surface area contributed by atoms with Crippen LogP contribution in [-0.4, -0.2) is 39.0 Å². The molecule has 1 aliphatic rings. The van der Waals surface area contributed by atoms with Crippen molar-refractivity contribution in [1.29, 1.82) is 0 Å². The number of ether oxygens (including phenoxy) is 2. The minimum atomic E-state index is -0.209. The number of Topliss-reactive ketones (excluding diaryl/α,β-unsaturated/α-hetero) is 1. The van der Waals surface area contributed by atoms with Crippen molar-refractivity contribution in [3.05, 3.63) is 60.6 Å². The van der Waals surface area contributed by atoms with E-state index in [-0.39, 0.29) is 18.0 Å². The zero-order valence-corrected chi connectivity index (χ0v) is 15.7. The lowest BCUT2D eigenvalue weighted by Gasteiger charge is -2.29. The minimum Gasteiger partial charge on any atom is -0.497 e. The summed E-state index contributed by atoms with van der Waals surface area (Å²) in [6.45, 7) is 0.639. The van der Waals surface area contributed by atoms with Crippen molar-refractivity contribution in [1.82, 2.24) is 20.0 Å². The smallest absolute Gasteiger partial charge is 0.138 e. The van der Waals surface area contributed by atoms with Gasteiger partial charge in [-0.2, -0.15) is 0 Å². The van der Waals surface area contributed by atoms with Gasteiger partial charge >= 0.3 is 0 Å². The summed E-state index contributed by atoms with van der Waals surface area (Å²) in [6, 6.07) is 11.5. The van der Waals surface area contributed by atoms with Crippen LogP contribution >= 0.6 is 0 Å². The number of rotatable bonds is 6. The van der Waals surface area contributed by atoms with Crippen molar-refractivity contribution in [2.24, 2.45) is 0 Å². The van der Waals surface area contributed by atoms with Crippen LogP contribution in [0.25, 0.3) is 11.3 Å². The SMILES string of the molecule is COc1ccc([C@H]2CC(=O)C[C@@H](CCn3cc(-c4cccnc4)nn3)O2)cc1. The first kappa shape index (κ1) is 18.3. The first-order chi connectivity index (χ1) is 13.7. The van der Waals surface area contributed by atoms with Crippen LogP contribution in [0.1, 0.15) is 30.9 Å². The Labute approximate surface area is 163 Å². The number of hydrogen-bond donors (Lipinski definition) is 0. The van der Waals surface area contributed by atoms with Crippen LogP contribution in [-0.2, 0) is 16.1 Å². The van der Waals surface area contributed by atoms with Crippen molar-refractivity contribution >= 4 is 5.78 Å². The Morgan fingerprint density at radius 3 is 2.82 bits per heavy atom. The third-order valence-corrected chi connectivity index (χ3v) is 4.89. The largest absolute Gasteiger partial charge is 0.497 e. The molecule has 0 N–H and O–H groups in total. The lowest BCUT2D eigenvalue weighted by atomic mass is 9.96. The highest BCUT2D eigenvalue weighted by molar-refractivity contribution is 5.80. The Kier molecular flexibility index (Phi) is 5.43. The van der Waals surface area contributed by atoms with Crippen molar-refractivity contribution in [2.45, 2.75) is 38.0 Å². The monoisotopic (exact) mass is 378 g/mol. The Bertz CT molecular complexity index is 924. The van der Waals surface area contributed by atoms with Crippen LogP contribution in [0, 0.1) is 0 Å². The maximum Gasteiger partial charge on any atom is 0.138 e. The van der Waals surface area contributed by atoms with Crippen LogP contribution in [0.15, 0.2) is 55.0 Å². The third kappa shape index (κ3) is 4.26. The second-order valence-corrected chi connectivity index (χ2v) is 6.86. The molecule has 7 nitrogen and oxygen atoms in total. The lowest BCUT2D eigenvalue weighted by Crippen LogP contribution is -2.29. The van der Waals surface area contributed by atoms with Gasteiger partial charge in [-0.25, -0.2) is 0 Å². The van der Waals surface area contributed by atoms with Gasteiger partial charge in [0.1, 0.15) is 17.2 Å². The maximum absolute atomic E-state index is 12.2. The zero-order valence-electron chi connectivity index (χ0n) is 15.7. The number of hydrogen-bond acceptors (Lipinski definition) is 6. The van der Waals surface area contributed by atoms with E-state index in [9.17, 15) is 4.79 Å². The number of benzene rings is 1. The Morgan fingerprint density at radius 2 is 2.07 bits per heavy atom. The molecule has 2 aromatic heterocycles. The van der Waals surface area contributed by atoms with Gasteiger partial charge in [-0.3, -0.25) is 14.5 Å². The highest BCUT2D eigenvalue weighted by atomic mass is 16.5. The van der Waals surface area contributed by atoms with E-state index in [1.54, 1.807) is 24.2 Å². The Balaban J connectivity index is 1.38. The molecule has 1 fully saturated rings. The molecule has 7 heteroatoms. The summed E-state index contributed by atoms with van der Waals surface area (Å²) in [5, 5.41) is 8.37. The highest BCUT2D eigenvalue weighted by Crippen LogP contribution is 2.31. The molecular weight excluding hydrogens is 356 g/mol. The molecule has 144 valence electrons. The molecule has 4 rings (SSSR count). The molecule has 1 saturated heterocycles. The minimum absolute atomic E-state index is 0.126. The Morgan fingerprint density at radius 1 is 1.21 bits per heavy atom. The number of methoxy groups -OCH3 is 1. The lowest BCUT2D eigenvalue weighted by molar-refractivity contribution is -0.136. The van der Waals surface area contributed by atoms with E-state index in [1.807, 2.05) is 42.6 Å². The summed E-state index contributed by atoms with van der Waals surface area (Å²) in [5.74, 6) is 1.02. The van der Waals surface area contributed by atoms with E-state index < -0.39 is 0 Å². The molecule has 0 unspecified atom stereocenters. The second kappa shape index (κ2) is 8.31. The molecule has 3 aromatic rings. The molecular formula is C21H22N4O3. The van der Waals surface area contributed by atoms with Crippen LogP contribution in [0.2, 0.25) is 0 Å². The standard InChI is InChI=1S/C21H22N4O3/c1-27-18-6-4-15(5-7-18)21-12-17(26)11-19(28-21)8-10-25-14-20(23-24-25)16-3-2-9-22-13-16/h2-7,9,13-14,19,21H,8,10-12H2,1H3/t19-,21-/m1/s1. The highest BCUT2D eigenvalue weighted by Gasteiger charge is 2.29. The summed E-state index contributed by atoms with van der Waals surface area (Å²) in [7, 11) is 1.63. The molecule has 0 amide bonds. The van der Waals surface area contributed by atoms with Crippen molar-refractivity contribution < 1.29 is 14.3 Å². The first-order valence-electron chi connectivity index (χ1n) is 9.33. The fraction of sp³-hybridized carbons (Fsp3) is 0.333. The fourth-order valence-corrected chi connectivity index (χ4v) is 3.39. The van der Waals surface area contributed by atoms with Gasteiger partial charge in [0.25, 0.3) is 0 Å². The van der Waals surface area contributed by atoms with Crippen LogP contribution in [0.5, 0.6) is 5.75 Å². The number of carbonyl (C=O) groups excluding carboxylic acids is 1. The predicted molar refractivity (Wildman–Crippen MR) is 103 cm³/mol. The van der Waals surface area contributed by atoms with Gasteiger partial charge in [0.2, 0.25) is 0 Å². The zero-order chi connectivity index (χ0) is 19.3.